The maximum Gasteiger partial charge on any atom is 0.275 e. The summed E-state index contributed by atoms with van der Waals surface area (Å²) < 4.78 is 45.3. The molecule has 0 spiro atoms. The highest BCUT2D eigenvalue weighted by Gasteiger charge is 2.26. The average Bonchev–Trinajstić information content (AvgIpc) is 2.85. The van der Waals surface area contributed by atoms with Crippen molar-refractivity contribution >= 4 is 33.3 Å². The van der Waals surface area contributed by atoms with Crippen molar-refractivity contribution in [3.05, 3.63) is 45.9 Å². The molecule has 2 aromatic rings. The molecule has 0 saturated carbocycles. The number of aromatic nitrogens is 1. The maximum absolute atomic E-state index is 13.3. The second-order valence-corrected chi connectivity index (χ2v) is 8.26. The molecule has 0 radical (unpaired) electrons. The van der Waals surface area contributed by atoms with E-state index in [1.807, 2.05) is 4.72 Å². The van der Waals surface area contributed by atoms with Crippen molar-refractivity contribution in [1.82, 2.24) is 9.71 Å². The highest BCUT2D eigenvalue weighted by molar-refractivity contribution is 7.92. The second-order valence-electron chi connectivity index (χ2n) is 5.18. The lowest BCUT2D eigenvalue weighted by Gasteiger charge is -2.17. The molecule has 1 N–H and O–H groups in total. The number of nitrogens with zero attached hydrogens (tertiary/aromatic N) is 1. The number of sulfonamides is 1. The number of hydrogen-bond acceptors (Lipinski definition) is 6. The molecule has 1 aromatic heterocycles. The largest absolute Gasteiger partial charge is 0.488 e. The van der Waals surface area contributed by atoms with Crippen LogP contribution in [0, 0.1) is 19.7 Å². The van der Waals surface area contributed by atoms with Crippen LogP contribution in [0.5, 0.6) is 5.75 Å². The minimum absolute atomic E-state index is 0.00266. The van der Waals surface area contributed by atoms with Gasteiger partial charge in [-0.15, -0.1) is 11.3 Å². The predicted octanol–water partition coefficient (Wildman–Crippen LogP) is 2.18. The van der Waals surface area contributed by atoms with Gasteiger partial charge in [-0.3, -0.25) is 4.79 Å². The summed E-state index contributed by atoms with van der Waals surface area (Å²) in [6.07, 6.45) is 1.41. The molecule has 1 amide bonds. The number of carbonyl (C=O) groups is 1. The van der Waals surface area contributed by atoms with Crippen LogP contribution in [0.3, 0.4) is 0 Å². The minimum atomic E-state index is -4.02. The molecule has 3 rings (SSSR count). The Kier molecular flexibility index (Phi) is 4.14. The maximum atomic E-state index is 13.3. The summed E-state index contributed by atoms with van der Waals surface area (Å²) in [4.78, 5) is 16.3. The quantitative estimate of drug-likeness (QED) is 0.898. The lowest BCUT2D eigenvalue weighted by molar-refractivity contribution is -0.116. The molecule has 126 valence electrons. The average molecular weight is 368 g/mol. The van der Waals surface area contributed by atoms with Gasteiger partial charge < -0.3 is 4.74 Å². The summed E-state index contributed by atoms with van der Waals surface area (Å²) in [7, 11) is -4.02. The molecule has 0 aliphatic carbocycles. The fraction of sp³-hybridized carbons (Fsp3) is 0.200. The van der Waals surface area contributed by atoms with Gasteiger partial charge in [0.05, 0.1) is 16.3 Å². The number of amides is 1. The van der Waals surface area contributed by atoms with E-state index in [1.165, 1.54) is 24.3 Å². The van der Waals surface area contributed by atoms with E-state index in [-0.39, 0.29) is 16.4 Å². The van der Waals surface area contributed by atoms with Crippen LogP contribution in [0.2, 0.25) is 0 Å². The number of ether oxygens (including phenoxy) is 1. The molecule has 2 heterocycles. The number of carbonyl (C=O) groups excluding carboxylic acids is 1. The van der Waals surface area contributed by atoms with Crippen LogP contribution in [0.4, 0.5) is 4.39 Å². The van der Waals surface area contributed by atoms with Gasteiger partial charge in [-0.2, -0.15) is 0 Å². The monoisotopic (exact) mass is 368 g/mol. The van der Waals surface area contributed by atoms with E-state index in [0.29, 0.717) is 22.0 Å². The third kappa shape index (κ3) is 3.17. The molecule has 24 heavy (non-hydrogen) atoms. The van der Waals surface area contributed by atoms with Gasteiger partial charge in [0.25, 0.3) is 15.9 Å². The van der Waals surface area contributed by atoms with E-state index in [9.17, 15) is 17.6 Å². The lowest BCUT2D eigenvalue weighted by Crippen LogP contribution is -2.33. The summed E-state index contributed by atoms with van der Waals surface area (Å²) in [6.45, 7) is 3.15. The number of aryl methyl sites for hydroxylation is 2. The Bertz CT molecular complexity index is 964. The zero-order chi connectivity index (χ0) is 17.5. The molecule has 0 saturated heterocycles. The molecule has 0 bridgehead atoms. The molecular formula is C15H13FN2O4S2. The number of nitrogens with one attached hydrogen (secondary N) is 1. The van der Waals surface area contributed by atoms with E-state index in [1.54, 1.807) is 13.8 Å². The van der Waals surface area contributed by atoms with Crippen LogP contribution < -0.4 is 9.46 Å². The van der Waals surface area contributed by atoms with E-state index in [4.69, 9.17) is 4.74 Å². The van der Waals surface area contributed by atoms with Crippen molar-refractivity contribution in [3.8, 4) is 5.75 Å². The van der Waals surface area contributed by atoms with E-state index in [0.717, 1.165) is 11.3 Å². The summed E-state index contributed by atoms with van der Waals surface area (Å²) in [6, 6.07) is 3.92. The van der Waals surface area contributed by atoms with Gasteiger partial charge in [0, 0.05) is 5.56 Å². The lowest BCUT2D eigenvalue weighted by atomic mass is 10.1. The van der Waals surface area contributed by atoms with Crippen molar-refractivity contribution < 1.29 is 22.3 Å². The first-order valence-corrected chi connectivity index (χ1v) is 9.20. The minimum Gasteiger partial charge on any atom is -0.488 e. The first-order chi connectivity index (χ1) is 11.3. The highest BCUT2D eigenvalue weighted by Crippen LogP contribution is 2.28. The zero-order valence-electron chi connectivity index (χ0n) is 12.8. The van der Waals surface area contributed by atoms with Gasteiger partial charge in [0.1, 0.15) is 18.2 Å². The molecule has 0 unspecified atom stereocenters. The third-order valence-corrected chi connectivity index (χ3v) is 6.32. The number of hydrogen-bond donors (Lipinski definition) is 1. The Morgan fingerprint density at radius 2 is 2.12 bits per heavy atom. The van der Waals surface area contributed by atoms with Gasteiger partial charge in [0.2, 0.25) is 0 Å². The Morgan fingerprint density at radius 3 is 2.79 bits per heavy atom. The van der Waals surface area contributed by atoms with E-state index >= 15 is 0 Å². The molecule has 9 heteroatoms. The fourth-order valence-corrected chi connectivity index (χ4v) is 4.75. The van der Waals surface area contributed by atoms with Gasteiger partial charge in [-0.05, 0) is 38.1 Å². The van der Waals surface area contributed by atoms with Crippen LogP contribution in [0.15, 0.2) is 28.0 Å². The van der Waals surface area contributed by atoms with E-state index < -0.39 is 21.7 Å². The highest BCUT2D eigenvalue weighted by atomic mass is 32.2. The Morgan fingerprint density at radius 1 is 1.38 bits per heavy atom. The Labute approximate surface area is 142 Å². The van der Waals surface area contributed by atoms with Gasteiger partial charge in [-0.25, -0.2) is 22.5 Å². The van der Waals surface area contributed by atoms with Crippen molar-refractivity contribution in [2.75, 3.05) is 6.61 Å². The van der Waals surface area contributed by atoms with Gasteiger partial charge in [-0.1, -0.05) is 0 Å². The summed E-state index contributed by atoms with van der Waals surface area (Å²) in [5.74, 6) is -0.848. The first-order valence-electron chi connectivity index (χ1n) is 6.90. The number of thiazole rings is 1. The van der Waals surface area contributed by atoms with Crippen molar-refractivity contribution in [1.29, 1.82) is 0 Å². The van der Waals surface area contributed by atoms with Crippen LogP contribution in [0.1, 0.15) is 16.3 Å². The fourth-order valence-electron chi connectivity index (χ4n) is 2.28. The standard InChI is InChI=1S/C15H13FN2O4S2/c1-8-15(23-9(2)17-8)24(20,21)18-14(19)11-5-10-6-12(16)3-4-13(10)22-7-11/h3-6H,7H2,1-2H3,(H,18,19). The molecule has 1 aromatic carbocycles. The predicted molar refractivity (Wildman–Crippen MR) is 86.8 cm³/mol. The number of benzene rings is 1. The SMILES string of the molecule is Cc1nc(C)c(S(=O)(=O)NC(=O)C2=Cc3cc(F)ccc3OC2)s1. The summed E-state index contributed by atoms with van der Waals surface area (Å²) in [5.41, 5.74) is 0.809. The van der Waals surface area contributed by atoms with Crippen LogP contribution in [-0.2, 0) is 14.8 Å². The smallest absolute Gasteiger partial charge is 0.275 e. The van der Waals surface area contributed by atoms with Crippen LogP contribution in [-0.4, -0.2) is 25.9 Å². The normalized spacial score (nSPS) is 13.7. The number of rotatable bonds is 3. The van der Waals surface area contributed by atoms with Crippen molar-refractivity contribution in [2.24, 2.45) is 0 Å². The van der Waals surface area contributed by atoms with Crippen molar-refractivity contribution in [3.63, 3.8) is 0 Å². The van der Waals surface area contributed by atoms with Gasteiger partial charge >= 0.3 is 0 Å². The summed E-state index contributed by atoms with van der Waals surface area (Å²) >= 11 is 0.986. The molecule has 1 aliphatic rings. The second kappa shape index (κ2) is 5.99. The Hall–Kier alpha value is -2.26. The number of halogens is 1. The summed E-state index contributed by atoms with van der Waals surface area (Å²) in [5, 5.41) is 0.588. The zero-order valence-corrected chi connectivity index (χ0v) is 14.4. The molecule has 6 nitrogen and oxygen atoms in total. The molecule has 0 atom stereocenters. The van der Waals surface area contributed by atoms with Crippen molar-refractivity contribution in [2.45, 2.75) is 18.1 Å². The topological polar surface area (TPSA) is 85.4 Å². The number of fused-ring (bicyclic) bond motifs is 1. The van der Waals surface area contributed by atoms with E-state index in [2.05, 4.69) is 4.98 Å². The molecular weight excluding hydrogens is 355 g/mol. The van der Waals surface area contributed by atoms with Crippen LogP contribution >= 0.6 is 11.3 Å². The third-order valence-electron chi connectivity index (χ3n) is 3.31. The molecule has 0 fully saturated rings. The molecule has 1 aliphatic heterocycles. The van der Waals surface area contributed by atoms with Crippen LogP contribution in [0.25, 0.3) is 6.08 Å². The first kappa shape index (κ1) is 16.6. The van der Waals surface area contributed by atoms with Gasteiger partial charge in [0.15, 0.2) is 4.21 Å². The Balaban J connectivity index is 1.86.